The maximum Gasteiger partial charge on any atom is 0.256 e. The average Bonchev–Trinajstić information content (AvgIpc) is 2.35. The molecule has 0 aromatic carbocycles. The first-order valence-electron chi connectivity index (χ1n) is 4.74. The Kier molecular flexibility index (Phi) is 3.23. The van der Waals surface area contributed by atoms with Crippen molar-refractivity contribution >= 4 is 11.8 Å². The highest BCUT2D eigenvalue weighted by Gasteiger charge is 2.32. The number of rotatable bonds is 4. The SMILES string of the molecule is C=CCCCN1C(=O)C(C)=C(C)C1=O. The lowest BCUT2D eigenvalue weighted by molar-refractivity contribution is -0.137. The minimum absolute atomic E-state index is 0.142. The molecule has 1 heterocycles. The molecular formula is C11H15NO2. The van der Waals surface area contributed by atoms with Crippen molar-refractivity contribution in [1.82, 2.24) is 4.90 Å². The second-order valence-electron chi connectivity index (χ2n) is 3.44. The van der Waals surface area contributed by atoms with Gasteiger partial charge >= 0.3 is 0 Å². The third-order valence-electron chi connectivity index (χ3n) is 2.48. The number of unbranched alkanes of at least 4 members (excludes halogenated alkanes) is 1. The van der Waals surface area contributed by atoms with Crippen molar-refractivity contribution in [3.63, 3.8) is 0 Å². The molecule has 0 spiro atoms. The third-order valence-corrected chi connectivity index (χ3v) is 2.48. The van der Waals surface area contributed by atoms with Crippen molar-refractivity contribution in [2.45, 2.75) is 26.7 Å². The summed E-state index contributed by atoms with van der Waals surface area (Å²) in [4.78, 5) is 24.4. The second-order valence-corrected chi connectivity index (χ2v) is 3.44. The lowest BCUT2D eigenvalue weighted by Gasteiger charge is -2.13. The minimum Gasteiger partial charge on any atom is -0.275 e. The molecule has 0 aromatic heterocycles. The van der Waals surface area contributed by atoms with Crippen LogP contribution in [0.25, 0.3) is 0 Å². The molecule has 14 heavy (non-hydrogen) atoms. The number of allylic oxidation sites excluding steroid dienone is 1. The predicted octanol–water partition coefficient (Wildman–Crippen LogP) is 1.66. The molecule has 1 aliphatic rings. The van der Waals surface area contributed by atoms with Crippen LogP contribution in [0.1, 0.15) is 26.7 Å². The number of imide groups is 1. The molecule has 1 aliphatic heterocycles. The molecule has 0 aliphatic carbocycles. The van der Waals surface area contributed by atoms with E-state index in [1.54, 1.807) is 19.9 Å². The topological polar surface area (TPSA) is 37.4 Å². The first-order valence-corrected chi connectivity index (χ1v) is 4.74. The van der Waals surface area contributed by atoms with Crippen molar-refractivity contribution in [1.29, 1.82) is 0 Å². The van der Waals surface area contributed by atoms with E-state index < -0.39 is 0 Å². The second kappa shape index (κ2) is 4.22. The minimum atomic E-state index is -0.142. The summed E-state index contributed by atoms with van der Waals surface area (Å²) in [5.74, 6) is -0.284. The van der Waals surface area contributed by atoms with Gasteiger partial charge in [0, 0.05) is 17.7 Å². The van der Waals surface area contributed by atoms with Crippen molar-refractivity contribution < 1.29 is 9.59 Å². The van der Waals surface area contributed by atoms with Gasteiger partial charge in [0.15, 0.2) is 0 Å². The summed E-state index contributed by atoms with van der Waals surface area (Å²) in [5.41, 5.74) is 1.15. The standard InChI is InChI=1S/C11H15NO2/c1-4-5-6-7-12-10(13)8(2)9(3)11(12)14/h4H,1,5-7H2,2-3H3. The van der Waals surface area contributed by atoms with Gasteiger partial charge in [-0.25, -0.2) is 0 Å². The van der Waals surface area contributed by atoms with Gasteiger partial charge in [0.05, 0.1) is 0 Å². The molecule has 0 N–H and O–H groups in total. The number of amides is 2. The molecule has 76 valence electrons. The van der Waals surface area contributed by atoms with Gasteiger partial charge in [-0.15, -0.1) is 6.58 Å². The number of hydrogen-bond donors (Lipinski definition) is 0. The summed E-state index contributed by atoms with van der Waals surface area (Å²) in [6, 6.07) is 0. The van der Waals surface area contributed by atoms with E-state index in [-0.39, 0.29) is 11.8 Å². The van der Waals surface area contributed by atoms with E-state index in [1.165, 1.54) is 4.90 Å². The van der Waals surface area contributed by atoms with Crippen LogP contribution in [0.2, 0.25) is 0 Å². The molecule has 0 saturated carbocycles. The molecule has 0 atom stereocenters. The van der Waals surface area contributed by atoms with Crippen LogP contribution >= 0.6 is 0 Å². The Balaban J connectivity index is 2.62. The Bertz CT molecular complexity index is 291. The zero-order valence-electron chi connectivity index (χ0n) is 8.67. The highest BCUT2D eigenvalue weighted by Crippen LogP contribution is 2.19. The lowest BCUT2D eigenvalue weighted by atomic mass is 10.2. The fourth-order valence-electron chi connectivity index (χ4n) is 1.41. The van der Waals surface area contributed by atoms with E-state index in [0.29, 0.717) is 17.7 Å². The highest BCUT2D eigenvalue weighted by molar-refractivity contribution is 6.18. The molecule has 0 bridgehead atoms. The monoisotopic (exact) mass is 193 g/mol. The summed E-state index contributed by atoms with van der Waals surface area (Å²) in [6.07, 6.45) is 3.41. The average molecular weight is 193 g/mol. The normalized spacial score (nSPS) is 16.9. The maximum atomic E-state index is 11.5. The van der Waals surface area contributed by atoms with Crippen LogP contribution in [0, 0.1) is 0 Å². The summed E-state index contributed by atoms with van der Waals surface area (Å²) in [6.45, 7) is 7.49. The fraction of sp³-hybridized carbons (Fsp3) is 0.455. The van der Waals surface area contributed by atoms with Crippen LogP contribution in [-0.2, 0) is 9.59 Å². The predicted molar refractivity (Wildman–Crippen MR) is 54.5 cm³/mol. The molecule has 0 saturated heterocycles. The smallest absolute Gasteiger partial charge is 0.256 e. The molecule has 0 aromatic rings. The van der Waals surface area contributed by atoms with Crippen molar-refractivity contribution in [2.24, 2.45) is 0 Å². The van der Waals surface area contributed by atoms with Gasteiger partial charge in [0.25, 0.3) is 11.8 Å². The zero-order chi connectivity index (χ0) is 10.7. The van der Waals surface area contributed by atoms with E-state index in [2.05, 4.69) is 6.58 Å². The quantitative estimate of drug-likeness (QED) is 0.387. The molecule has 3 heteroatoms. The van der Waals surface area contributed by atoms with Gasteiger partial charge in [-0.2, -0.15) is 0 Å². The Labute approximate surface area is 84.1 Å². The number of carbonyl (C=O) groups is 2. The third kappa shape index (κ3) is 1.76. The van der Waals surface area contributed by atoms with E-state index in [0.717, 1.165) is 12.8 Å². The summed E-state index contributed by atoms with van der Waals surface area (Å²) < 4.78 is 0. The van der Waals surface area contributed by atoms with E-state index >= 15 is 0 Å². The molecule has 0 radical (unpaired) electrons. The van der Waals surface area contributed by atoms with Crippen molar-refractivity contribution in [3.8, 4) is 0 Å². The molecule has 2 amide bonds. The van der Waals surface area contributed by atoms with Gasteiger partial charge in [0.1, 0.15) is 0 Å². The highest BCUT2D eigenvalue weighted by atomic mass is 16.2. The van der Waals surface area contributed by atoms with Gasteiger partial charge in [-0.3, -0.25) is 14.5 Å². The van der Waals surface area contributed by atoms with Crippen molar-refractivity contribution in [3.05, 3.63) is 23.8 Å². The van der Waals surface area contributed by atoms with Crippen molar-refractivity contribution in [2.75, 3.05) is 6.54 Å². The van der Waals surface area contributed by atoms with Crippen LogP contribution < -0.4 is 0 Å². The van der Waals surface area contributed by atoms with Crippen LogP contribution in [0.4, 0.5) is 0 Å². The summed E-state index contributed by atoms with van der Waals surface area (Å²) in [7, 11) is 0. The van der Waals surface area contributed by atoms with Gasteiger partial charge in [-0.05, 0) is 26.7 Å². The summed E-state index contributed by atoms with van der Waals surface area (Å²) >= 11 is 0. The first kappa shape index (κ1) is 10.7. The number of carbonyl (C=O) groups excluding carboxylic acids is 2. The van der Waals surface area contributed by atoms with E-state index in [1.807, 2.05) is 0 Å². The number of hydrogen-bond acceptors (Lipinski definition) is 2. The Hall–Kier alpha value is -1.38. The maximum absolute atomic E-state index is 11.5. The molecule has 0 unspecified atom stereocenters. The molecule has 3 nitrogen and oxygen atoms in total. The summed E-state index contributed by atoms with van der Waals surface area (Å²) in [5, 5.41) is 0. The Morgan fingerprint density at radius 2 is 1.71 bits per heavy atom. The molecular weight excluding hydrogens is 178 g/mol. The van der Waals surface area contributed by atoms with Crippen LogP contribution in [0.15, 0.2) is 23.8 Å². The zero-order valence-corrected chi connectivity index (χ0v) is 8.67. The van der Waals surface area contributed by atoms with Crippen LogP contribution in [-0.4, -0.2) is 23.3 Å². The first-order chi connectivity index (χ1) is 6.59. The molecule has 0 fully saturated rings. The Morgan fingerprint density at radius 1 is 1.21 bits per heavy atom. The number of nitrogens with zero attached hydrogens (tertiary/aromatic N) is 1. The van der Waals surface area contributed by atoms with Gasteiger partial charge < -0.3 is 0 Å². The van der Waals surface area contributed by atoms with Crippen LogP contribution in [0.5, 0.6) is 0 Å². The lowest BCUT2D eigenvalue weighted by Crippen LogP contribution is -2.32. The van der Waals surface area contributed by atoms with Gasteiger partial charge in [0.2, 0.25) is 0 Å². The fourth-order valence-corrected chi connectivity index (χ4v) is 1.41. The largest absolute Gasteiger partial charge is 0.275 e. The van der Waals surface area contributed by atoms with E-state index in [4.69, 9.17) is 0 Å². The van der Waals surface area contributed by atoms with Gasteiger partial charge in [-0.1, -0.05) is 6.08 Å². The van der Waals surface area contributed by atoms with E-state index in [9.17, 15) is 9.59 Å². The molecule has 1 rings (SSSR count). The Morgan fingerprint density at radius 3 is 2.14 bits per heavy atom. The van der Waals surface area contributed by atoms with Crippen LogP contribution in [0.3, 0.4) is 0 Å².